The van der Waals surface area contributed by atoms with Crippen LogP contribution in [0.3, 0.4) is 0 Å². The van der Waals surface area contributed by atoms with Crippen molar-refractivity contribution in [3.8, 4) is 11.5 Å². The predicted octanol–water partition coefficient (Wildman–Crippen LogP) is 4.67. The van der Waals surface area contributed by atoms with Crippen LogP contribution in [-0.4, -0.2) is 23.7 Å². The third-order valence-corrected chi connectivity index (χ3v) is 4.91. The van der Waals surface area contributed by atoms with Crippen LogP contribution >= 0.6 is 0 Å². The molecule has 2 amide bonds. The van der Waals surface area contributed by atoms with Crippen molar-refractivity contribution in [2.75, 3.05) is 12.4 Å². The van der Waals surface area contributed by atoms with E-state index < -0.39 is 5.60 Å². The minimum absolute atomic E-state index is 0.165. The highest BCUT2D eigenvalue weighted by molar-refractivity contribution is 6.01. The summed E-state index contributed by atoms with van der Waals surface area (Å²) < 4.78 is 11.4. The standard InChI is InChI=1S/C22H23N3O3/c1-22(2)12-19(17-8-7-15(27-3)11-20(17)28-22)25-21(26)24-18-6-4-5-14-13-23-10-9-16(14)18/h4-11,13,19H,12H2,1-3H3,(H2,24,25,26). The van der Waals surface area contributed by atoms with Crippen molar-refractivity contribution in [3.05, 3.63) is 60.4 Å². The molecule has 0 fully saturated rings. The number of nitrogens with zero attached hydrogens (tertiary/aromatic N) is 1. The summed E-state index contributed by atoms with van der Waals surface area (Å²) in [6.45, 7) is 4.03. The van der Waals surface area contributed by atoms with Gasteiger partial charge < -0.3 is 20.1 Å². The molecule has 2 heterocycles. The second-order valence-electron chi connectivity index (χ2n) is 7.52. The molecule has 6 heteroatoms. The van der Waals surface area contributed by atoms with Crippen molar-refractivity contribution in [1.29, 1.82) is 0 Å². The number of benzene rings is 2. The second-order valence-corrected chi connectivity index (χ2v) is 7.52. The average Bonchev–Trinajstić information content (AvgIpc) is 2.67. The summed E-state index contributed by atoms with van der Waals surface area (Å²) >= 11 is 0. The van der Waals surface area contributed by atoms with Gasteiger partial charge >= 0.3 is 6.03 Å². The van der Waals surface area contributed by atoms with Gasteiger partial charge in [-0.1, -0.05) is 12.1 Å². The van der Waals surface area contributed by atoms with Crippen molar-refractivity contribution in [1.82, 2.24) is 10.3 Å². The Morgan fingerprint density at radius 2 is 2.11 bits per heavy atom. The molecule has 1 aromatic heterocycles. The number of hydrogen-bond donors (Lipinski definition) is 2. The van der Waals surface area contributed by atoms with Crippen LogP contribution < -0.4 is 20.1 Å². The lowest BCUT2D eigenvalue weighted by Gasteiger charge is -2.38. The molecule has 144 valence electrons. The summed E-state index contributed by atoms with van der Waals surface area (Å²) in [5, 5.41) is 7.99. The molecule has 0 spiro atoms. The van der Waals surface area contributed by atoms with Crippen molar-refractivity contribution in [3.63, 3.8) is 0 Å². The number of carbonyl (C=O) groups is 1. The summed E-state index contributed by atoms with van der Waals surface area (Å²) in [6, 6.07) is 12.9. The fourth-order valence-electron chi connectivity index (χ4n) is 3.64. The van der Waals surface area contributed by atoms with E-state index in [0.717, 1.165) is 33.5 Å². The van der Waals surface area contributed by atoms with Gasteiger partial charge in [0.2, 0.25) is 0 Å². The van der Waals surface area contributed by atoms with Gasteiger partial charge in [-0.3, -0.25) is 4.98 Å². The van der Waals surface area contributed by atoms with Crippen LogP contribution in [0.15, 0.2) is 54.9 Å². The normalized spacial score (nSPS) is 17.3. The molecule has 0 saturated heterocycles. The first-order valence-electron chi connectivity index (χ1n) is 9.22. The van der Waals surface area contributed by atoms with Gasteiger partial charge in [-0.15, -0.1) is 0 Å². The molecule has 0 saturated carbocycles. The molecular formula is C22H23N3O3. The van der Waals surface area contributed by atoms with Crippen LogP contribution in [-0.2, 0) is 0 Å². The van der Waals surface area contributed by atoms with E-state index in [9.17, 15) is 4.79 Å². The summed E-state index contributed by atoms with van der Waals surface area (Å²) in [4.78, 5) is 16.9. The SMILES string of the molecule is COc1ccc2c(c1)OC(C)(C)CC2NC(=O)Nc1cccc2cnccc12. The van der Waals surface area contributed by atoms with E-state index in [2.05, 4.69) is 15.6 Å². The van der Waals surface area contributed by atoms with Gasteiger partial charge in [-0.2, -0.15) is 0 Å². The number of amides is 2. The first-order chi connectivity index (χ1) is 13.4. The van der Waals surface area contributed by atoms with E-state index in [1.807, 2.05) is 56.3 Å². The Balaban J connectivity index is 1.57. The summed E-state index contributed by atoms with van der Waals surface area (Å²) in [5.74, 6) is 1.46. The van der Waals surface area contributed by atoms with Gasteiger partial charge in [-0.05, 0) is 38.1 Å². The molecule has 1 unspecified atom stereocenters. The van der Waals surface area contributed by atoms with Gasteiger partial charge in [0, 0.05) is 41.2 Å². The lowest BCUT2D eigenvalue weighted by molar-refractivity contribution is 0.0679. The van der Waals surface area contributed by atoms with Crippen LogP contribution in [0.5, 0.6) is 11.5 Å². The number of carbonyl (C=O) groups excluding carboxylic acids is 1. The third kappa shape index (κ3) is 3.58. The molecule has 28 heavy (non-hydrogen) atoms. The van der Waals surface area contributed by atoms with E-state index in [0.29, 0.717) is 6.42 Å². The number of fused-ring (bicyclic) bond motifs is 2. The summed E-state index contributed by atoms with van der Waals surface area (Å²) in [5.41, 5.74) is 1.29. The Kier molecular flexibility index (Phi) is 4.55. The second kappa shape index (κ2) is 7.03. The number of rotatable bonds is 3. The van der Waals surface area contributed by atoms with Crippen molar-refractivity contribution in [2.45, 2.75) is 31.9 Å². The fraction of sp³-hybridized carbons (Fsp3) is 0.273. The molecule has 0 aliphatic carbocycles. The molecule has 6 nitrogen and oxygen atoms in total. The smallest absolute Gasteiger partial charge is 0.319 e. The molecular weight excluding hydrogens is 354 g/mol. The molecule has 0 radical (unpaired) electrons. The Labute approximate surface area is 163 Å². The number of pyridine rings is 1. The third-order valence-electron chi connectivity index (χ3n) is 4.91. The lowest BCUT2D eigenvalue weighted by atomic mass is 9.89. The van der Waals surface area contributed by atoms with Crippen LogP contribution in [0.4, 0.5) is 10.5 Å². The van der Waals surface area contributed by atoms with Gasteiger partial charge in [-0.25, -0.2) is 4.79 Å². The minimum Gasteiger partial charge on any atom is -0.497 e. The zero-order valence-corrected chi connectivity index (χ0v) is 16.2. The van der Waals surface area contributed by atoms with E-state index in [-0.39, 0.29) is 12.1 Å². The largest absolute Gasteiger partial charge is 0.497 e. The maximum Gasteiger partial charge on any atom is 0.319 e. The Morgan fingerprint density at radius 1 is 1.25 bits per heavy atom. The molecule has 3 aromatic rings. The molecule has 2 N–H and O–H groups in total. The monoisotopic (exact) mass is 377 g/mol. The predicted molar refractivity (Wildman–Crippen MR) is 109 cm³/mol. The van der Waals surface area contributed by atoms with E-state index in [1.54, 1.807) is 19.5 Å². The topological polar surface area (TPSA) is 72.5 Å². The minimum atomic E-state index is -0.400. The maximum absolute atomic E-state index is 12.8. The van der Waals surface area contributed by atoms with Crippen LogP contribution in [0, 0.1) is 0 Å². The summed E-state index contributed by atoms with van der Waals surface area (Å²) in [7, 11) is 1.62. The van der Waals surface area contributed by atoms with Gasteiger partial charge in [0.05, 0.1) is 18.8 Å². The zero-order valence-electron chi connectivity index (χ0n) is 16.2. The number of aromatic nitrogens is 1. The van der Waals surface area contributed by atoms with Crippen molar-refractivity contribution in [2.24, 2.45) is 0 Å². The Morgan fingerprint density at radius 3 is 2.93 bits per heavy atom. The van der Waals surface area contributed by atoms with E-state index in [4.69, 9.17) is 9.47 Å². The molecule has 2 aromatic carbocycles. The number of nitrogens with one attached hydrogen (secondary N) is 2. The molecule has 0 bridgehead atoms. The van der Waals surface area contributed by atoms with Gasteiger partial charge in [0.15, 0.2) is 0 Å². The van der Waals surface area contributed by atoms with E-state index in [1.165, 1.54) is 0 Å². The number of hydrogen-bond acceptors (Lipinski definition) is 4. The first kappa shape index (κ1) is 18.1. The van der Waals surface area contributed by atoms with Crippen molar-refractivity contribution >= 4 is 22.5 Å². The molecule has 4 rings (SSSR count). The van der Waals surface area contributed by atoms with E-state index >= 15 is 0 Å². The Bertz CT molecular complexity index is 1030. The van der Waals surface area contributed by atoms with Gasteiger partial charge in [0.1, 0.15) is 17.1 Å². The highest BCUT2D eigenvalue weighted by Crippen LogP contribution is 2.41. The quantitative estimate of drug-likeness (QED) is 0.696. The number of ether oxygens (including phenoxy) is 2. The van der Waals surface area contributed by atoms with Crippen LogP contribution in [0.25, 0.3) is 10.8 Å². The highest BCUT2D eigenvalue weighted by Gasteiger charge is 2.34. The number of methoxy groups -OCH3 is 1. The summed E-state index contributed by atoms with van der Waals surface area (Å²) in [6.07, 6.45) is 4.16. The van der Waals surface area contributed by atoms with Crippen LogP contribution in [0.2, 0.25) is 0 Å². The maximum atomic E-state index is 12.8. The van der Waals surface area contributed by atoms with Gasteiger partial charge in [0.25, 0.3) is 0 Å². The fourth-order valence-corrected chi connectivity index (χ4v) is 3.64. The van der Waals surface area contributed by atoms with Crippen LogP contribution in [0.1, 0.15) is 31.9 Å². The number of urea groups is 1. The Hall–Kier alpha value is -3.28. The number of anilines is 1. The highest BCUT2D eigenvalue weighted by atomic mass is 16.5. The first-order valence-corrected chi connectivity index (χ1v) is 9.22. The van der Waals surface area contributed by atoms with Crippen molar-refractivity contribution < 1.29 is 14.3 Å². The molecule has 1 atom stereocenters. The lowest BCUT2D eigenvalue weighted by Crippen LogP contribution is -2.42. The average molecular weight is 377 g/mol. The molecule has 1 aliphatic rings. The molecule has 1 aliphatic heterocycles. The zero-order chi connectivity index (χ0) is 19.7.